The number of hydrogen-bond acceptors (Lipinski definition) is 5. The Kier molecular flexibility index (Phi) is 3.93. The lowest BCUT2D eigenvalue weighted by molar-refractivity contribution is -0.143. The van der Waals surface area contributed by atoms with Crippen molar-refractivity contribution in [2.75, 3.05) is 6.61 Å². The normalized spacial score (nSPS) is 20.2. The second kappa shape index (κ2) is 5.01. The van der Waals surface area contributed by atoms with Crippen molar-refractivity contribution in [1.82, 2.24) is 0 Å². The van der Waals surface area contributed by atoms with Gasteiger partial charge >= 0.3 is 11.9 Å². The van der Waals surface area contributed by atoms with Crippen LogP contribution in [-0.2, 0) is 19.1 Å². The molecule has 0 fully saturated rings. The summed E-state index contributed by atoms with van der Waals surface area (Å²) >= 11 is 0. The maximum atomic E-state index is 11.5. The van der Waals surface area contributed by atoms with Crippen LogP contribution >= 0.6 is 0 Å². The molecule has 5 nitrogen and oxygen atoms in total. The first kappa shape index (κ1) is 12.5. The predicted molar refractivity (Wildman–Crippen MR) is 55.6 cm³/mol. The Morgan fingerprint density at radius 1 is 1.56 bits per heavy atom. The molecule has 1 heterocycles. The zero-order valence-corrected chi connectivity index (χ0v) is 9.65. The SMILES string of the molecule is CCOC(=O)C1=C(O)C(=O)O[C@@H]1CC(C)C. The number of esters is 2. The molecule has 1 aliphatic heterocycles. The van der Waals surface area contributed by atoms with E-state index in [2.05, 4.69) is 0 Å². The molecule has 0 spiro atoms. The van der Waals surface area contributed by atoms with Gasteiger partial charge in [-0.2, -0.15) is 0 Å². The van der Waals surface area contributed by atoms with Gasteiger partial charge in [0.1, 0.15) is 11.7 Å². The smallest absolute Gasteiger partial charge is 0.374 e. The number of hydrogen-bond donors (Lipinski definition) is 1. The summed E-state index contributed by atoms with van der Waals surface area (Å²) in [7, 11) is 0. The quantitative estimate of drug-likeness (QED) is 0.735. The molecular weight excluding hydrogens is 212 g/mol. The summed E-state index contributed by atoms with van der Waals surface area (Å²) in [4.78, 5) is 22.7. The first-order chi connectivity index (χ1) is 7.47. The molecule has 0 saturated carbocycles. The molecule has 0 bridgehead atoms. The zero-order valence-electron chi connectivity index (χ0n) is 9.65. The maximum absolute atomic E-state index is 11.5. The average molecular weight is 228 g/mol. The summed E-state index contributed by atoms with van der Waals surface area (Å²) in [5.41, 5.74) is -0.0550. The summed E-state index contributed by atoms with van der Waals surface area (Å²) in [6.07, 6.45) is -0.198. The van der Waals surface area contributed by atoms with Gasteiger partial charge in [-0.3, -0.25) is 0 Å². The first-order valence-electron chi connectivity index (χ1n) is 5.28. The number of cyclic esters (lactones) is 1. The molecule has 1 aliphatic rings. The summed E-state index contributed by atoms with van der Waals surface area (Å²) in [6, 6.07) is 0. The molecule has 0 radical (unpaired) electrons. The Morgan fingerprint density at radius 2 is 2.19 bits per heavy atom. The molecule has 0 aromatic carbocycles. The van der Waals surface area contributed by atoms with Crippen LogP contribution in [0.15, 0.2) is 11.3 Å². The number of carbonyl (C=O) groups excluding carboxylic acids is 2. The van der Waals surface area contributed by atoms with E-state index in [-0.39, 0.29) is 18.1 Å². The van der Waals surface area contributed by atoms with Crippen LogP contribution in [0.1, 0.15) is 27.2 Å². The van der Waals surface area contributed by atoms with E-state index in [1.807, 2.05) is 13.8 Å². The second-order valence-electron chi connectivity index (χ2n) is 4.01. The van der Waals surface area contributed by atoms with Crippen LogP contribution in [0.25, 0.3) is 0 Å². The minimum absolute atomic E-state index is 0.0550. The predicted octanol–water partition coefficient (Wildman–Crippen LogP) is 1.33. The number of aliphatic hydroxyl groups is 1. The van der Waals surface area contributed by atoms with Crippen molar-refractivity contribution in [3.8, 4) is 0 Å². The Labute approximate surface area is 94.0 Å². The third-order valence-corrected chi connectivity index (χ3v) is 2.20. The van der Waals surface area contributed by atoms with E-state index < -0.39 is 23.8 Å². The van der Waals surface area contributed by atoms with Gasteiger partial charge in [0.15, 0.2) is 0 Å². The monoisotopic (exact) mass is 228 g/mol. The van der Waals surface area contributed by atoms with Crippen LogP contribution < -0.4 is 0 Å². The highest BCUT2D eigenvalue weighted by Crippen LogP contribution is 2.27. The van der Waals surface area contributed by atoms with Crippen molar-refractivity contribution < 1.29 is 24.2 Å². The molecular formula is C11H16O5. The van der Waals surface area contributed by atoms with E-state index in [4.69, 9.17) is 9.47 Å². The molecule has 0 unspecified atom stereocenters. The molecule has 1 N–H and O–H groups in total. The maximum Gasteiger partial charge on any atom is 0.374 e. The molecule has 16 heavy (non-hydrogen) atoms. The number of rotatable bonds is 4. The summed E-state index contributed by atoms with van der Waals surface area (Å²) in [5, 5.41) is 9.44. The lowest BCUT2D eigenvalue weighted by Gasteiger charge is -2.14. The minimum Gasteiger partial charge on any atom is -0.501 e. The highest BCUT2D eigenvalue weighted by molar-refractivity contribution is 6.02. The lowest BCUT2D eigenvalue weighted by Crippen LogP contribution is -2.21. The minimum atomic E-state index is -0.853. The second-order valence-corrected chi connectivity index (χ2v) is 4.01. The van der Waals surface area contributed by atoms with Crippen LogP contribution in [0, 0.1) is 5.92 Å². The van der Waals surface area contributed by atoms with Crippen molar-refractivity contribution in [2.45, 2.75) is 33.3 Å². The molecule has 1 rings (SSSR count). The molecule has 0 aromatic heterocycles. The van der Waals surface area contributed by atoms with Gasteiger partial charge in [0.25, 0.3) is 0 Å². The van der Waals surface area contributed by atoms with E-state index in [1.165, 1.54) is 0 Å². The zero-order chi connectivity index (χ0) is 12.3. The fraction of sp³-hybridized carbons (Fsp3) is 0.636. The van der Waals surface area contributed by atoms with Crippen LogP contribution in [-0.4, -0.2) is 29.8 Å². The highest BCUT2D eigenvalue weighted by Gasteiger charge is 2.39. The van der Waals surface area contributed by atoms with Gasteiger partial charge in [-0.05, 0) is 19.3 Å². The molecule has 0 amide bonds. The van der Waals surface area contributed by atoms with Crippen LogP contribution in [0.2, 0.25) is 0 Å². The fourth-order valence-corrected chi connectivity index (χ4v) is 1.54. The summed E-state index contributed by atoms with van der Waals surface area (Å²) < 4.78 is 9.67. The van der Waals surface area contributed by atoms with E-state index in [0.717, 1.165) is 0 Å². The number of ether oxygens (including phenoxy) is 2. The topological polar surface area (TPSA) is 72.8 Å². The Morgan fingerprint density at radius 3 is 2.69 bits per heavy atom. The van der Waals surface area contributed by atoms with E-state index in [1.54, 1.807) is 6.92 Å². The van der Waals surface area contributed by atoms with Crippen molar-refractivity contribution in [3.63, 3.8) is 0 Å². The van der Waals surface area contributed by atoms with Crippen molar-refractivity contribution in [3.05, 3.63) is 11.3 Å². The lowest BCUT2D eigenvalue weighted by atomic mass is 10.00. The average Bonchev–Trinajstić information content (AvgIpc) is 2.41. The molecule has 5 heteroatoms. The highest BCUT2D eigenvalue weighted by atomic mass is 16.6. The first-order valence-corrected chi connectivity index (χ1v) is 5.28. The Balaban J connectivity index is 2.88. The van der Waals surface area contributed by atoms with Gasteiger partial charge in [0.05, 0.1) is 6.61 Å². The van der Waals surface area contributed by atoms with Crippen molar-refractivity contribution >= 4 is 11.9 Å². The number of carbonyl (C=O) groups is 2. The molecule has 0 aromatic rings. The van der Waals surface area contributed by atoms with Crippen molar-refractivity contribution in [2.24, 2.45) is 5.92 Å². The standard InChI is InChI=1S/C11H16O5/c1-4-15-10(13)8-7(5-6(2)3)16-11(14)9(8)12/h6-7,12H,4-5H2,1-3H3/t7-/m1/s1. The van der Waals surface area contributed by atoms with Crippen LogP contribution in [0.4, 0.5) is 0 Å². The fourth-order valence-electron chi connectivity index (χ4n) is 1.54. The molecule has 1 atom stereocenters. The Bertz CT molecular complexity index is 329. The molecule has 0 saturated heterocycles. The third-order valence-electron chi connectivity index (χ3n) is 2.20. The van der Waals surface area contributed by atoms with Gasteiger partial charge in [-0.1, -0.05) is 13.8 Å². The van der Waals surface area contributed by atoms with E-state index in [9.17, 15) is 14.7 Å². The van der Waals surface area contributed by atoms with Crippen molar-refractivity contribution in [1.29, 1.82) is 0 Å². The summed E-state index contributed by atoms with van der Waals surface area (Å²) in [5.74, 6) is -1.91. The number of aliphatic hydroxyl groups excluding tert-OH is 1. The van der Waals surface area contributed by atoms with Gasteiger partial charge in [0, 0.05) is 0 Å². The van der Waals surface area contributed by atoms with Crippen LogP contribution in [0.3, 0.4) is 0 Å². The summed E-state index contributed by atoms with van der Waals surface area (Å²) in [6.45, 7) is 5.72. The van der Waals surface area contributed by atoms with Gasteiger partial charge in [-0.25, -0.2) is 9.59 Å². The van der Waals surface area contributed by atoms with Crippen LogP contribution in [0.5, 0.6) is 0 Å². The Hall–Kier alpha value is -1.52. The van der Waals surface area contributed by atoms with Gasteiger partial charge in [0.2, 0.25) is 5.76 Å². The molecule has 90 valence electrons. The van der Waals surface area contributed by atoms with E-state index >= 15 is 0 Å². The van der Waals surface area contributed by atoms with Gasteiger partial charge < -0.3 is 14.6 Å². The molecule has 0 aliphatic carbocycles. The largest absolute Gasteiger partial charge is 0.501 e. The third kappa shape index (κ3) is 2.53. The van der Waals surface area contributed by atoms with E-state index in [0.29, 0.717) is 6.42 Å². The van der Waals surface area contributed by atoms with Gasteiger partial charge in [-0.15, -0.1) is 0 Å².